The van der Waals surface area contributed by atoms with Crippen LogP contribution in [0, 0.1) is 11.3 Å². The Morgan fingerprint density at radius 1 is 1.63 bits per heavy atom. The maximum Gasteiger partial charge on any atom is 0.170 e. The summed E-state index contributed by atoms with van der Waals surface area (Å²) in [7, 11) is 0. The maximum absolute atomic E-state index is 9.37. The first-order valence-electron chi connectivity index (χ1n) is 6.73. The van der Waals surface area contributed by atoms with Crippen LogP contribution in [-0.2, 0) is 6.42 Å². The van der Waals surface area contributed by atoms with Gasteiger partial charge in [-0.2, -0.15) is 9.64 Å². The first-order chi connectivity index (χ1) is 9.04. The average Bonchev–Trinajstić information content (AvgIpc) is 3.05. The molecule has 1 aromatic heterocycles. The summed E-state index contributed by atoms with van der Waals surface area (Å²) in [4.78, 5) is 4.46. The van der Waals surface area contributed by atoms with Gasteiger partial charge in [-0.05, 0) is 37.7 Å². The number of aryl methyl sites for hydroxylation is 1. The second-order valence-electron chi connectivity index (χ2n) is 5.33. The van der Waals surface area contributed by atoms with Gasteiger partial charge < -0.3 is 0 Å². The number of nitrogens with one attached hydrogen (secondary N) is 1. The molecule has 0 saturated heterocycles. The molecule has 1 aliphatic rings. The zero-order valence-corrected chi connectivity index (χ0v) is 13.3. The first-order valence-corrected chi connectivity index (χ1v) is 8.38. The van der Waals surface area contributed by atoms with Crippen molar-refractivity contribution in [2.45, 2.75) is 67.6 Å². The van der Waals surface area contributed by atoms with Gasteiger partial charge in [0.1, 0.15) is 11.4 Å². The van der Waals surface area contributed by atoms with Crippen molar-refractivity contribution in [3.63, 3.8) is 0 Å². The number of aromatic nitrogens is 2. The molecule has 1 heterocycles. The summed E-state index contributed by atoms with van der Waals surface area (Å²) >= 11 is 3.18. The number of hydrogen-bond acceptors (Lipinski definition) is 6. The van der Waals surface area contributed by atoms with Gasteiger partial charge in [-0.15, -0.1) is 0 Å². The van der Waals surface area contributed by atoms with Crippen molar-refractivity contribution >= 4 is 23.3 Å². The van der Waals surface area contributed by atoms with E-state index in [4.69, 9.17) is 0 Å². The van der Waals surface area contributed by atoms with E-state index >= 15 is 0 Å². The molecule has 6 heteroatoms. The van der Waals surface area contributed by atoms with Crippen LogP contribution in [0.15, 0.2) is 4.34 Å². The number of hydrogen-bond donors (Lipinski definition) is 1. The highest BCUT2D eigenvalue weighted by molar-refractivity contribution is 8.01. The molecule has 4 nitrogen and oxygen atoms in total. The third-order valence-electron chi connectivity index (χ3n) is 3.11. The number of nitriles is 1. The minimum Gasteiger partial charge on any atom is -0.297 e. The Morgan fingerprint density at radius 2 is 2.37 bits per heavy atom. The molecule has 0 amide bonds. The predicted octanol–water partition coefficient (Wildman–Crippen LogP) is 3.01. The number of rotatable bonds is 7. The molecule has 0 bridgehead atoms. The Bertz CT molecular complexity index is 463. The quantitative estimate of drug-likeness (QED) is 0.784. The Morgan fingerprint density at radius 3 is 2.89 bits per heavy atom. The molecular weight excluding hydrogens is 276 g/mol. The smallest absolute Gasteiger partial charge is 0.170 e. The third kappa shape index (κ3) is 4.44. The summed E-state index contributed by atoms with van der Waals surface area (Å²) < 4.78 is 5.30. The van der Waals surface area contributed by atoms with E-state index in [0.717, 1.165) is 23.0 Å². The zero-order valence-electron chi connectivity index (χ0n) is 11.6. The second-order valence-corrected chi connectivity index (χ2v) is 7.76. The van der Waals surface area contributed by atoms with Crippen LogP contribution in [0.2, 0.25) is 0 Å². The minimum atomic E-state index is -0.425. The van der Waals surface area contributed by atoms with Crippen molar-refractivity contribution in [2.24, 2.45) is 0 Å². The van der Waals surface area contributed by atoms with E-state index < -0.39 is 5.54 Å². The molecule has 1 aromatic rings. The molecule has 1 fully saturated rings. The fourth-order valence-electron chi connectivity index (χ4n) is 2.03. The molecule has 1 saturated carbocycles. The highest BCUT2D eigenvalue weighted by Crippen LogP contribution is 2.31. The van der Waals surface area contributed by atoms with Crippen LogP contribution in [0.3, 0.4) is 0 Å². The lowest BCUT2D eigenvalue weighted by molar-refractivity contribution is 0.415. The number of thioether (sulfide) groups is 1. The van der Waals surface area contributed by atoms with E-state index in [1.807, 2.05) is 6.92 Å². The molecule has 104 valence electrons. The van der Waals surface area contributed by atoms with Gasteiger partial charge in [-0.1, -0.05) is 25.6 Å². The lowest BCUT2D eigenvalue weighted by Gasteiger charge is -2.26. The fourth-order valence-corrected chi connectivity index (χ4v) is 4.23. The van der Waals surface area contributed by atoms with Gasteiger partial charge in [-0.25, -0.2) is 4.98 Å². The first kappa shape index (κ1) is 14.8. The van der Waals surface area contributed by atoms with Crippen molar-refractivity contribution < 1.29 is 0 Å². The van der Waals surface area contributed by atoms with Gasteiger partial charge >= 0.3 is 0 Å². The number of nitrogens with zero attached hydrogens (tertiary/aromatic N) is 3. The summed E-state index contributed by atoms with van der Waals surface area (Å²) in [6, 6.07) is 2.98. The van der Waals surface area contributed by atoms with Crippen molar-refractivity contribution in [1.29, 1.82) is 5.26 Å². The molecule has 0 radical (unpaired) electrons. The van der Waals surface area contributed by atoms with Gasteiger partial charge in [0, 0.05) is 17.7 Å². The molecule has 1 aliphatic carbocycles. The van der Waals surface area contributed by atoms with Crippen LogP contribution >= 0.6 is 23.3 Å². The lowest BCUT2D eigenvalue weighted by Crippen LogP contribution is -2.44. The molecule has 2 rings (SSSR count). The van der Waals surface area contributed by atoms with E-state index in [1.165, 1.54) is 24.4 Å². The van der Waals surface area contributed by atoms with E-state index in [0.29, 0.717) is 11.3 Å². The van der Waals surface area contributed by atoms with Crippen molar-refractivity contribution in [2.75, 3.05) is 0 Å². The second kappa shape index (κ2) is 6.21. The van der Waals surface area contributed by atoms with Gasteiger partial charge in [0.25, 0.3) is 0 Å². The Hall–Kier alpha value is -0.640. The molecule has 2 unspecified atom stereocenters. The molecule has 0 spiro atoms. The molecule has 2 atom stereocenters. The van der Waals surface area contributed by atoms with E-state index in [-0.39, 0.29) is 0 Å². The minimum absolute atomic E-state index is 0.355. The van der Waals surface area contributed by atoms with Gasteiger partial charge in [0.15, 0.2) is 4.34 Å². The standard InChI is InChI=1S/C13H20N4S2/c1-4-11-15-12(19-17-11)18-9(2)7-13(3,8-14)16-10-5-6-10/h9-10,16H,4-7H2,1-3H3. The molecule has 0 aromatic carbocycles. The van der Waals surface area contributed by atoms with Gasteiger partial charge in [0.05, 0.1) is 6.07 Å². The van der Waals surface area contributed by atoms with Gasteiger partial charge in [0.2, 0.25) is 0 Å². The normalized spacial score (nSPS) is 19.7. The largest absolute Gasteiger partial charge is 0.297 e. The van der Waals surface area contributed by atoms with Crippen LogP contribution in [0.5, 0.6) is 0 Å². The van der Waals surface area contributed by atoms with Crippen LogP contribution < -0.4 is 5.32 Å². The summed E-state index contributed by atoms with van der Waals surface area (Å²) in [5, 5.41) is 13.2. The van der Waals surface area contributed by atoms with Crippen LogP contribution in [0.4, 0.5) is 0 Å². The van der Waals surface area contributed by atoms with E-state index in [2.05, 4.69) is 34.6 Å². The monoisotopic (exact) mass is 296 g/mol. The Labute approximate surface area is 123 Å². The van der Waals surface area contributed by atoms with Crippen molar-refractivity contribution in [3.05, 3.63) is 5.82 Å². The Balaban J connectivity index is 1.88. The lowest BCUT2D eigenvalue weighted by atomic mass is 9.98. The van der Waals surface area contributed by atoms with Crippen LogP contribution in [0.25, 0.3) is 0 Å². The molecular formula is C13H20N4S2. The highest BCUT2D eigenvalue weighted by Gasteiger charge is 2.34. The molecule has 19 heavy (non-hydrogen) atoms. The Kier molecular flexibility index (Phi) is 4.82. The SMILES string of the molecule is CCc1nsc(SC(C)CC(C)(C#N)NC2CC2)n1. The zero-order chi connectivity index (χ0) is 13.9. The average molecular weight is 296 g/mol. The van der Waals surface area contributed by atoms with Crippen molar-refractivity contribution in [3.8, 4) is 6.07 Å². The van der Waals surface area contributed by atoms with Crippen LogP contribution in [0.1, 0.15) is 45.9 Å². The predicted molar refractivity (Wildman–Crippen MR) is 79.4 cm³/mol. The summed E-state index contributed by atoms with van der Waals surface area (Å²) in [5.74, 6) is 0.916. The fraction of sp³-hybridized carbons (Fsp3) is 0.769. The molecule has 1 N–H and O–H groups in total. The van der Waals surface area contributed by atoms with E-state index in [9.17, 15) is 5.26 Å². The van der Waals surface area contributed by atoms with Gasteiger partial charge in [-0.3, -0.25) is 5.32 Å². The summed E-state index contributed by atoms with van der Waals surface area (Å²) in [6.07, 6.45) is 4.11. The van der Waals surface area contributed by atoms with Crippen molar-refractivity contribution in [1.82, 2.24) is 14.7 Å². The van der Waals surface area contributed by atoms with E-state index in [1.54, 1.807) is 11.8 Å². The highest BCUT2D eigenvalue weighted by atomic mass is 32.2. The summed E-state index contributed by atoms with van der Waals surface area (Å²) in [5.41, 5.74) is -0.425. The third-order valence-corrected chi connectivity index (χ3v) is 5.03. The topological polar surface area (TPSA) is 61.6 Å². The summed E-state index contributed by atoms with van der Waals surface area (Å²) in [6.45, 7) is 6.22. The molecule has 0 aliphatic heterocycles. The van der Waals surface area contributed by atoms with Crippen LogP contribution in [-0.4, -0.2) is 26.2 Å². The maximum atomic E-state index is 9.37.